The van der Waals surface area contributed by atoms with Gasteiger partial charge in [0.1, 0.15) is 0 Å². The van der Waals surface area contributed by atoms with E-state index in [0.29, 0.717) is 12.5 Å². The highest BCUT2D eigenvalue weighted by Gasteiger charge is 2.21. The Morgan fingerprint density at radius 3 is 2.62 bits per heavy atom. The SMILES string of the molecule is NCC#Cc1ccc(S(=O)(=O)NCCOCC2CC2)cc1. The summed E-state index contributed by atoms with van der Waals surface area (Å²) in [6, 6.07) is 6.41. The number of nitrogens with two attached hydrogens (primary N) is 1. The number of sulfonamides is 1. The first-order valence-electron chi connectivity index (χ1n) is 6.98. The second-order valence-corrected chi connectivity index (χ2v) is 6.71. The molecule has 0 radical (unpaired) electrons. The first-order chi connectivity index (χ1) is 10.1. The summed E-state index contributed by atoms with van der Waals surface area (Å²) in [4.78, 5) is 0.225. The zero-order chi connectivity index (χ0) is 15.1. The summed E-state index contributed by atoms with van der Waals surface area (Å²) in [5.74, 6) is 6.25. The van der Waals surface area contributed by atoms with Crippen LogP contribution in [-0.2, 0) is 14.8 Å². The van der Waals surface area contributed by atoms with Crippen molar-refractivity contribution in [2.45, 2.75) is 17.7 Å². The van der Waals surface area contributed by atoms with Crippen molar-refractivity contribution in [3.8, 4) is 11.8 Å². The Balaban J connectivity index is 1.82. The molecule has 0 bridgehead atoms. The van der Waals surface area contributed by atoms with Gasteiger partial charge in [0.15, 0.2) is 0 Å². The lowest BCUT2D eigenvalue weighted by atomic mass is 10.2. The predicted molar refractivity (Wildman–Crippen MR) is 81.1 cm³/mol. The Labute approximate surface area is 125 Å². The van der Waals surface area contributed by atoms with Gasteiger partial charge in [0, 0.05) is 18.7 Å². The normalized spacial score (nSPS) is 14.5. The van der Waals surface area contributed by atoms with E-state index >= 15 is 0 Å². The number of hydrogen-bond donors (Lipinski definition) is 2. The number of nitrogens with one attached hydrogen (secondary N) is 1. The first-order valence-corrected chi connectivity index (χ1v) is 8.46. The molecule has 0 heterocycles. The Morgan fingerprint density at radius 1 is 1.29 bits per heavy atom. The van der Waals surface area contributed by atoms with Gasteiger partial charge in [-0.15, -0.1) is 0 Å². The van der Waals surface area contributed by atoms with Crippen LogP contribution in [0.1, 0.15) is 18.4 Å². The molecule has 3 N–H and O–H groups in total. The van der Waals surface area contributed by atoms with Crippen LogP contribution in [0.25, 0.3) is 0 Å². The summed E-state index contributed by atoms with van der Waals surface area (Å²) in [7, 11) is -3.49. The molecule has 1 aromatic rings. The fourth-order valence-corrected chi connectivity index (χ4v) is 2.75. The molecule has 0 aliphatic heterocycles. The van der Waals surface area contributed by atoms with Crippen LogP contribution in [0.5, 0.6) is 0 Å². The van der Waals surface area contributed by atoms with Crippen molar-refractivity contribution in [2.75, 3.05) is 26.3 Å². The highest BCUT2D eigenvalue weighted by molar-refractivity contribution is 7.89. The second-order valence-electron chi connectivity index (χ2n) is 4.95. The summed E-state index contributed by atoms with van der Waals surface area (Å²) in [5.41, 5.74) is 6.03. The molecule has 1 saturated carbocycles. The van der Waals surface area contributed by atoms with Crippen LogP contribution in [0.3, 0.4) is 0 Å². The summed E-state index contributed by atoms with van der Waals surface area (Å²) in [5, 5.41) is 0. The zero-order valence-corrected chi connectivity index (χ0v) is 12.7. The molecule has 21 heavy (non-hydrogen) atoms. The van der Waals surface area contributed by atoms with Gasteiger partial charge >= 0.3 is 0 Å². The molecule has 5 nitrogen and oxygen atoms in total. The molecular formula is C15H20N2O3S. The van der Waals surface area contributed by atoms with E-state index in [2.05, 4.69) is 16.6 Å². The molecule has 0 amide bonds. The highest BCUT2D eigenvalue weighted by atomic mass is 32.2. The van der Waals surface area contributed by atoms with E-state index in [1.54, 1.807) is 12.1 Å². The summed E-state index contributed by atoms with van der Waals surface area (Å²) >= 11 is 0. The summed E-state index contributed by atoms with van der Waals surface area (Å²) < 4.78 is 32.0. The molecule has 2 rings (SSSR count). The third-order valence-corrected chi connectivity index (χ3v) is 4.57. The Morgan fingerprint density at radius 2 is 2.00 bits per heavy atom. The van der Waals surface area contributed by atoms with Crippen LogP contribution in [0.4, 0.5) is 0 Å². The van der Waals surface area contributed by atoms with Crippen molar-refractivity contribution in [1.29, 1.82) is 0 Å². The van der Waals surface area contributed by atoms with Crippen LogP contribution in [0.2, 0.25) is 0 Å². The van der Waals surface area contributed by atoms with E-state index in [1.807, 2.05) is 0 Å². The molecule has 1 aliphatic rings. The van der Waals surface area contributed by atoms with E-state index in [9.17, 15) is 8.42 Å². The monoisotopic (exact) mass is 308 g/mol. The van der Waals surface area contributed by atoms with Crippen molar-refractivity contribution >= 4 is 10.0 Å². The minimum absolute atomic E-state index is 0.225. The van der Waals surface area contributed by atoms with Gasteiger partial charge in [0.25, 0.3) is 0 Å². The van der Waals surface area contributed by atoms with Crippen LogP contribution >= 0.6 is 0 Å². The van der Waals surface area contributed by atoms with Crippen LogP contribution in [-0.4, -0.2) is 34.7 Å². The number of benzene rings is 1. The molecule has 1 aromatic carbocycles. The molecule has 1 aliphatic carbocycles. The molecule has 114 valence electrons. The van der Waals surface area contributed by atoms with Gasteiger partial charge in [-0.3, -0.25) is 0 Å². The van der Waals surface area contributed by atoms with Crippen LogP contribution in [0, 0.1) is 17.8 Å². The molecule has 0 unspecified atom stereocenters. The fourth-order valence-electron chi connectivity index (χ4n) is 1.74. The smallest absolute Gasteiger partial charge is 0.240 e. The van der Waals surface area contributed by atoms with Gasteiger partial charge < -0.3 is 10.5 Å². The van der Waals surface area contributed by atoms with Gasteiger partial charge in [-0.25, -0.2) is 13.1 Å². The standard InChI is InChI=1S/C15H20N2O3S/c16-9-1-2-13-5-7-15(8-6-13)21(18,19)17-10-11-20-12-14-3-4-14/h5-8,14,17H,3-4,9-12,16H2. The van der Waals surface area contributed by atoms with E-state index in [1.165, 1.54) is 25.0 Å². The second kappa shape index (κ2) is 7.57. The number of hydrogen-bond acceptors (Lipinski definition) is 4. The molecule has 0 spiro atoms. The first kappa shape index (κ1) is 16.0. The Bertz CT molecular complexity index is 611. The van der Waals surface area contributed by atoms with Gasteiger partial charge in [-0.1, -0.05) is 11.8 Å². The highest BCUT2D eigenvalue weighted by Crippen LogP contribution is 2.28. The van der Waals surface area contributed by atoms with Gasteiger partial charge in [0.2, 0.25) is 10.0 Å². The van der Waals surface area contributed by atoms with Crippen molar-refractivity contribution in [1.82, 2.24) is 4.72 Å². The minimum atomic E-state index is -3.49. The van der Waals surface area contributed by atoms with E-state index in [-0.39, 0.29) is 18.0 Å². The maximum atomic E-state index is 12.0. The average Bonchev–Trinajstić information content (AvgIpc) is 3.29. The summed E-state index contributed by atoms with van der Waals surface area (Å²) in [6.45, 7) is 1.69. The third kappa shape index (κ3) is 5.48. The largest absolute Gasteiger partial charge is 0.380 e. The lowest BCUT2D eigenvalue weighted by molar-refractivity contribution is 0.129. The Hall–Kier alpha value is -1.39. The number of ether oxygens (including phenoxy) is 1. The molecular weight excluding hydrogens is 288 g/mol. The van der Waals surface area contributed by atoms with Crippen molar-refractivity contribution < 1.29 is 13.2 Å². The summed E-state index contributed by atoms with van der Waals surface area (Å²) in [6.07, 6.45) is 2.45. The molecule has 0 saturated heterocycles. The van der Waals surface area contributed by atoms with E-state index in [4.69, 9.17) is 10.5 Å². The van der Waals surface area contributed by atoms with Gasteiger partial charge in [-0.2, -0.15) is 0 Å². The average molecular weight is 308 g/mol. The van der Waals surface area contributed by atoms with Gasteiger partial charge in [-0.05, 0) is 43.0 Å². The van der Waals surface area contributed by atoms with Crippen LogP contribution in [0.15, 0.2) is 29.2 Å². The molecule has 0 atom stereocenters. The third-order valence-electron chi connectivity index (χ3n) is 3.09. The van der Waals surface area contributed by atoms with Crippen LogP contribution < -0.4 is 10.5 Å². The number of rotatable bonds is 7. The topological polar surface area (TPSA) is 81.4 Å². The van der Waals surface area contributed by atoms with E-state index < -0.39 is 10.0 Å². The zero-order valence-electron chi connectivity index (χ0n) is 11.8. The van der Waals surface area contributed by atoms with Gasteiger partial charge in [0.05, 0.1) is 18.0 Å². The van der Waals surface area contributed by atoms with Crippen molar-refractivity contribution in [3.05, 3.63) is 29.8 Å². The Kier molecular flexibility index (Phi) is 5.76. The fraction of sp³-hybridized carbons (Fsp3) is 0.467. The quantitative estimate of drug-likeness (QED) is 0.574. The molecule has 0 aromatic heterocycles. The predicted octanol–water partition coefficient (Wildman–Crippen LogP) is 0.702. The van der Waals surface area contributed by atoms with E-state index in [0.717, 1.165) is 12.2 Å². The molecule has 1 fully saturated rings. The lowest BCUT2D eigenvalue weighted by Crippen LogP contribution is -2.27. The maximum Gasteiger partial charge on any atom is 0.240 e. The minimum Gasteiger partial charge on any atom is -0.380 e. The molecule has 6 heteroatoms. The van der Waals surface area contributed by atoms with Crippen molar-refractivity contribution in [2.24, 2.45) is 11.7 Å². The maximum absolute atomic E-state index is 12.0. The lowest BCUT2D eigenvalue weighted by Gasteiger charge is -2.07. The van der Waals surface area contributed by atoms with Crippen molar-refractivity contribution in [3.63, 3.8) is 0 Å².